The van der Waals surface area contributed by atoms with Gasteiger partial charge in [0.1, 0.15) is 5.82 Å². The smallest absolute Gasteiger partial charge is 0.317 e. The van der Waals surface area contributed by atoms with E-state index in [0.29, 0.717) is 25.7 Å². The lowest BCUT2D eigenvalue weighted by Crippen LogP contribution is -2.52. The third kappa shape index (κ3) is 2.34. The summed E-state index contributed by atoms with van der Waals surface area (Å²) in [6.45, 7) is 4.75. The highest BCUT2D eigenvalue weighted by Gasteiger charge is 2.39. The molecule has 2 aliphatic heterocycles. The highest BCUT2D eigenvalue weighted by atomic mass is 16.5. The number of ether oxygens (including phenoxy) is 1. The van der Waals surface area contributed by atoms with Crippen LogP contribution in [-0.4, -0.2) is 67.8 Å². The quantitative estimate of drug-likeness (QED) is 0.734. The fraction of sp³-hybridized carbons (Fsp3) is 0.529. The van der Waals surface area contributed by atoms with Crippen molar-refractivity contribution >= 4 is 22.8 Å². The molecule has 26 heavy (non-hydrogen) atoms. The van der Waals surface area contributed by atoms with Gasteiger partial charge in [0.2, 0.25) is 0 Å². The van der Waals surface area contributed by atoms with Gasteiger partial charge in [0.25, 0.3) is 0 Å². The fourth-order valence-corrected chi connectivity index (χ4v) is 3.97. The predicted molar refractivity (Wildman–Crippen MR) is 93.9 cm³/mol. The van der Waals surface area contributed by atoms with E-state index < -0.39 is 0 Å². The van der Waals surface area contributed by atoms with Crippen LogP contribution in [0, 0.1) is 5.92 Å². The summed E-state index contributed by atoms with van der Waals surface area (Å²) in [5, 5.41) is 11.8. The number of nitrogens with zero attached hydrogens (tertiary/aromatic N) is 5. The van der Waals surface area contributed by atoms with E-state index in [4.69, 9.17) is 4.74 Å². The molecule has 0 spiro atoms. The van der Waals surface area contributed by atoms with Gasteiger partial charge in [0.05, 0.1) is 31.0 Å². The van der Waals surface area contributed by atoms with Crippen LogP contribution in [0.25, 0.3) is 16.8 Å². The summed E-state index contributed by atoms with van der Waals surface area (Å²) in [6, 6.07) is 2.11. The first kappa shape index (κ1) is 15.6. The van der Waals surface area contributed by atoms with Gasteiger partial charge in [0, 0.05) is 25.2 Å². The number of carbonyl (C=O) groups is 1. The third-order valence-corrected chi connectivity index (χ3v) is 5.52. The molecule has 2 N–H and O–H groups in total. The minimum absolute atomic E-state index is 0.0125. The molecule has 0 radical (unpaired) electrons. The Morgan fingerprint density at radius 3 is 3.04 bits per heavy atom. The number of likely N-dealkylation sites (tertiary alicyclic amines) is 1. The number of rotatable bonds is 3. The molecule has 2 saturated heterocycles. The van der Waals surface area contributed by atoms with Crippen molar-refractivity contribution in [3.63, 3.8) is 0 Å². The molecule has 9 nitrogen and oxygen atoms in total. The number of H-pyrrole nitrogens is 1. The predicted octanol–water partition coefficient (Wildman–Crippen LogP) is 1.14. The average Bonchev–Trinajstić information content (AvgIpc) is 3.32. The van der Waals surface area contributed by atoms with Crippen LogP contribution >= 0.6 is 0 Å². The SMILES string of the molecule is CCC1CN(C(=O)NC2COC2)CC1c1nnc2cnc3[nH]ccc3n12. The summed E-state index contributed by atoms with van der Waals surface area (Å²) < 4.78 is 7.20. The van der Waals surface area contributed by atoms with Gasteiger partial charge < -0.3 is 19.9 Å². The molecule has 3 aromatic rings. The van der Waals surface area contributed by atoms with Crippen molar-refractivity contribution in [1.82, 2.24) is 34.8 Å². The monoisotopic (exact) mass is 355 g/mol. The van der Waals surface area contributed by atoms with Crippen LogP contribution in [0.4, 0.5) is 4.79 Å². The number of hydrogen-bond acceptors (Lipinski definition) is 5. The van der Waals surface area contributed by atoms with Gasteiger partial charge >= 0.3 is 6.03 Å². The van der Waals surface area contributed by atoms with Crippen LogP contribution < -0.4 is 5.32 Å². The van der Waals surface area contributed by atoms with Gasteiger partial charge in [-0.05, 0) is 12.0 Å². The maximum Gasteiger partial charge on any atom is 0.317 e. The lowest BCUT2D eigenvalue weighted by molar-refractivity contribution is -0.00174. The topological polar surface area (TPSA) is 100 Å². The second-order valence-electron chi connectivity index (χ2n) is 7.09. The van der Waals surface area contributed by atoms with E-state index in [-0.39, 0.29) is 18.0 Å². The van der Waals surface area contributed by atoms with Crippen LogP contribution in [0.2, 0.25) is 0 Å². The molecule has 5 heterocycles. The Balaban J connectivity index is 1.47. The molecule has 2 aliphatic rings. The van der Waals surface area contributed by atoms with Crippen molar-refractivity contribution in [3.05, 3.63) is 24.3 Å². The number of fused-ring (bicyclic) bond motifs is 3. The van der Waals surface area contributed by atoms with Gasteiger partial charge in [-0.2, -0.15) is 0 Å². The Morgan fingerprint density at radius 2 is 2.27 bits per heavy atom. The van der Waals surface area contributed by atoms with E-state index in [1.807, 2.05) is 17.2 Å². The second kappa shape index (κ2) is 5.94. The maximum atomic E-state index is 12.6. The molecule has 136 valence electrons. The number of urea groups is 1. The highest BCUT2D eigenvalue weighted by molar-refractivity contribution is 5.76. The number of amides is 2. The van der Waals surface area contributed by atoms with E-state index in [0.717, 1.165) is 35.6 Å². The van der Waals surface area contributed by atoms with Crippen molar-refractivity contribution in [2.75, 3.05) is 26.3 Å². The Hall–Kier alpha value is -2.68. The molecule has 0 aromatic carbocycles. The largest absolute Gasteiger partial charge is 0.377 e. The number of carbonyl (C=O) groups excluding carboxylic acids is 1. The molecule has 5 rings (SSSR count). The molecule has 2 amide bonds. The van der Waals surface area contributed by atoms with Gasteiger partial charge in [-0.3, -0.25) is 4.40 Å². The first-order valence-corrected chi connectivity index (χ1v) is 9.05. The number of hydrogen-bond donors (Lipinski definition) is 2. The van der Waals surface area contributed by atoms with Crippen LogP contribution in [-0.2, 0) is 4.74 Å². The van der Waals surface area contributed by atoms with E-state index in [1.54, 1.807) is 6.20 Å². The van der Waals surface area contributed by atoms with Crippen LogP contribution in [0.3, 0.4) is 0 Å². The Morgan fingerprint density at radius 1 is 1.38 bits per heavy atom. The van der Waals surface area contributed by atoms with Crippen LogP contribution in [0.1, 0.15) is 25.1 Å². The number of aromatic nitrogens is 5. The molecule has 0 aliphatic carbocycles. The van der Waals surface area contributed by atoms with Gasteiger partial charge in [-0.25, -0.2) is 9.78 Å². The van der Waals surface area contributed by atoms with Gasteiger partial charge in [-0.1, -0.05) is 13.3 Å². The molecule has 0 bridgehead atoms. The summed E-state index contributed by atoms with van der Waals surface area (Å²) in [6.07, 6.45) is 4.58. The minimum atomic E-state index is -0.0125. The van der Waals surface area contributed by atoms with E-state index in [2.05, 4.69) is 36.8 Å². The third-order valence-electron chi connectivity index (χ3n) is 5.52. The summed E-state index contributed by atoms with van der Waals surface area (Å²) in [7, 11) is 0. The summed E-state index contributed by atoms with van der Waals surface area (Å²) in [5.41, 5.74) is 2.51. The summed E-state index contributed by atoms with van der Waals surface area (Å²) in [4.78, 5) is 22.0. The molecular formula is C17H21N7O2. The van der Waals surface area contributed by atoms with Crippen molar-refractivity contribution in [2.24, 2.45) is 5.92 Å². The van der Waals surface area contributed by atoms with E-state index in [1.165, 1.54) is 0 Å². The highest BCUT2D eigenvalue weighted by Crippen LogP contribution is 2.34. The Kier molecular flexibility index (Phi) is 3.56. The zero-order chi connectivity index (χ0) is 17.7. The molecule has 2 fully saturated rings. The zero-order valence-electron chi connectivity index (χ0n) is 14.6. The fourth-order valence-electron chi connectivity index (χ4n) is 3.97. The lowest BCUT2D eigenvalue weighted by atomic mass is 9.93. The second-order valence-corrected chi connectivity index (χ2v) is 7.09. The zero-order valence-corrected chi connectivity index (χ0v) is 14.6. The normalized spacial score (nSPS) is 23.7. The molecular weight excluding hydrogens is 334 g/mol. The molecule has 3 aromatic heterocycles. The lowest BCUT2D eigenvalue weighted by Gasteiger charge is -2.29. The van der Waals surface area contributed by atoms with Crippen molar-refractivity contribution in [2.45, 2.75) is 25.3 Å². The van der Waals surface area contributed by atoms with Gasteiger partial charge in [-0.15, -0.1) is 10.2 Å². The molecule has 2 atom stereocenters. The van der Waals surface area contributed by atoms with E-state index in [9.17, 15) is 4.79 Å². The van der Waals surface area contributed by atoms with E-state index >= 15 is 0 Å². The first-order valence-electron chi connectivity index (χ1n) is 9.05. The van der Waals surface area contributed by atoms with Crippen molar-refractivity contribution in [3.8, 4) is 0 Å². The summed E-state index contributed by atoms with van der Waals surface area (Å²) in [5.74, 6) is 1.41. The standard InChI is InChI=1S/C17H21N7O2/c1-2-10-6-23(17(25)20-11-8-26-9-11)7-12(10)16-22-21-14-5-19-15-13(24(14)16)3-4-18-15/h3-5,10-12,18H,2,6-9H2,1H3,(H,20,25). The number of aromatic amines is 1. The van der Waals surface area contributed by atoms with Crippen LogP contribution in [0.5, 0.6) is 0 Å². The summed E-state index contributed by atoms with van der Waals surface area (Å²) >= 11 is 0. The maximum absolute atomic E-state index is 12.6. The van der Waals surface area contributed by atoms with Crippen LogP contribution in [0.15, 0.2) is 18.5 Å². The van der Waals surface area contributed by atoms with Gasteiger partial charge in [0.15, 0.2) is 11.3 Å². The average molecular weight is 355 g/mol. The Labute approximate surface area is 149 Å². The minimum Gasteiger partial charge on any atom is -0.377 e. The molecule has 0 saturated carbocycles. The van der Waals surface area contributed by atoms with Crippen molar-refractivity contribution < 1.29 is 9.53 Å². The first-order chi connectivity index (χ1) is 12.7. The number of nitrogens with one attached hydrogen (secondary N) is 2. The molecule has 2 unspecified atom stereocenters. The van der Waals surface area contributed by atoms with Crippen molar-refractivity contribution in [1.29, 1.82) is 0 Å². The molecule has 9 heteroatoms. The Bertz CT molecular complexity index is 960.